The molecule has 0 saturated carbocycles. The Morgan fingerprint density at radius 1 is 1.55 bits per heavy atom. The third kappa shape index (κ3) is 1.70. The largest absolute Gasteiger partial charge is 0.398 e. The SMILES string of the molecule is CSc1c(N)cc(N)nc1Cl. The summed E-state index contributed by atoms with van der Waals surface area (Å²) in [5, 5.41) is 0.370. The maximum atomic E-state index is 5.74. The zero-order chi connectivity index (χ0) is 8.43. The number of nitrogens with two attached hydrogens (primary N) is 2. The summed E-state index contributed by atoms with van der Waals surface area (Å²) in [6.07, 6.45) is 1.88. The lowest BCUT2D eigenvalue weighted by Crippen LogP contribution is -1.96. The molecule has 1 aromatic rings. The van der Waals surface area contributed by atoms with Crippen LogP contribution in [0.15, 0.2) is 11.0 Å². The van der Waals surface area contributed by atoms with Gasteiger partial charge in [0.2, 0.25) is 0 Å². The zero-order valence-corrected chi connectivity index (χ0v) is 7.54. The first-order valence-corrected chi connectivity index (χ1v) is 4.51. The third-order valence-corrected chi connectivity index (χ3v) is 2.41. The van der Waals surface area contributed by atoms with Gasteiger partial charge in [0.15, 0.2) is 0 Å². The molecule has 0 aliphatic rings. The van der Waals surface area contributed by atoms with Crippen LogP contribution in [-0.2, 0) is 0 Å². The van der Waals surface area contributed by atoms with E-state index in [4.69, 9.17) is 23.1 Å². The van der Waals surface area contributed by atoms with Gasteiger partial charge in [0.25, 0.3) is 0 Å². The Kier molecular flexibility index (Phi) is 2.46. The van der Waals surface area contributed by atoms with Gasteiger partial charge >= 0.3 is 0 Å². The normalized spacial score (nSPS) is 10.0. The maximum Gasteiger partial charge on any atom is 0.147 e. The average molecular weight is 190 g/mol. The van der Waals surface area contributed by atoms with Crippen molar-refractivity contribution in [1.82, 2.24) is 4.98 Å². The van der Waals surface area contributed by atoms with E-state index < -0.39 is 0 Å². The van der Waals surface area contributed by atoms with Gasteiger partial charge in [-0.05, 0) is 6.26 Å². The minimum Gasteiger partial charge on any atom is -0.398 e. The van der Waals surface area contributed by atoms with Gasteiger partial charge in [0.05, 0.1) is 10.6 Å². The fourth-order valence-electron chi connectivity index (χ4n) is 0.742. The van der Waals surface area contributed by atoms with Crippen molar-refractivity contribution in [1.29, 1.82) is 0 Å². The van der Waals surface area contributed by atoms with Crippen LogP contribution >= 0.6 is 23.4 Å². The minimum absolute atomic E-state index is 0.352. The molecule has 4 N–H and O–H groups in total. The van der Waals surface area contributed by atoms with Gasteiger partial charge < -0.3 is 11.5 Å². The van der Waals surface area contributed by atoms with E-state index in [0.29, 0.717) is 16.7 Å². The van der Waals surface area contributed by atoms with Crippen molar-refractivity contribution in [3.63, 3.8) is 0 Å². The standard InChI is InChI=1S/C6H8ClN3S/c1-11-5-3(8)2-4(9)10-6(5)7/h2H,1H3,(H4,8,9,10). The highest BCUT2D eigenvalue weighted by Crippen LogP contribution is 2.30. The van der Waals surface area contributed by atoms with E-state index in [0.717, 1.165) is 4.90 Å². The van der Waals surface area contributed by atoms with E-state index >= 15 is 0 Å². The molecule has 1 heterocycles. The molecule has 0 fully saturated rings. The fourth-order valence-corrected chi connectivity index (χ4v) is 1.69. The monoisotopic (exact) mass is 189 g/mol. The summed E-state index contributed by atoms with van der Waals surface area (Å²) in [5.41, 5.74) is 11.6. The van der Waals surface area contributed by atoms with Gasteiger partial charge in [-0.15, -0.1) is 11.8 Å². The molecule has 0 bridgehead atoms. The van der Waals surface area contributed by atoms with Crippen LogP contribution in [0, 0.1) is 0 Å². The lowest BCUT2D eigenvalue weighted by molar-refractivity contribution is 1.25. The van der Waals surface area contributed by atoms with Crippen LogP contribution in [0.3, 0.4) is 0 Å². The number of thioether (sulfide) groups is 1. The first kappa shape index (κ1) is 8.49. The summed E-state index contributed by atoms with van der Waals surface area (Å²) in [7, 11) is 0. The second-order valence-corrected chi connectivity index (χ2v) is 3.13. The van der Waals surface area contributed by atoms with Crippen molar-refractivity contribution in [2.75, 3.05) is 17.7 Å². The van der Waals surface area contributed by atoms with Gasteiger partial charge in [0, 0.05) is 6.07 Å². The van der Waals surface area contributed by atoms with Gasteiger partial charge in [-0.25, -0.2) is 4.98 Å². The van der Waals surface area contributed by atoms with E-state index in [-0.39, 0.29) is 0 Å². The quantitative estimate of drug-likeness (QED) is 0.521. The molecule has 0 amide bonds. The molecule has 0 saturated heterocycles. The molecule has 5 heteroatoms. The lowest BCUT2D eigenvalue weighted by atomic mass is 10.4. The fraction of sp³-hybridized carbons (Fsp3) is 0.167. The molecule has 11 heavy (non-hydrogen) atoms. The van der Waals surface area contributed by atoms with Crippen molar-refractivity contribution in [2.45, 2.75) is 4.90 Å². The first-order valence-electron chi connectivity index (χ1n) is 2.90. The lowest BCUT2D eigenvalue weighted by Gasteiger charge is -2.04. The van der Waals surface area contributed by atoms with Gasteiger partial charge in [-0.2, -0.15) is 0 Å². The Labute approximate surface area is 74.1 Å². The first-order chi connectivity index (χ1) is 5.15. The molecular formula is C6H8ClN3S. The van der Waals surface area contributed by atoms with E-state index in [9.17, 15) is 0 Å². The number of halogens is 1. The van der Waals surface area contributed by atoms with E-state index in [1.807, 2.05) is 6.26 Å². The van der Waals surface area contributed by atoms with Crippen LogP contribution in [0.25, 0.3) is 0 Å². The van der Waals surface area contributed by atoms with Crippen molar-refractivity contribution in [3.8, 4) is 0 Å². The number of nitrogen functional groups attached to an aromatic ring is 2. The topological polar surface area (TPSA) is 64.9 Å². The summed E-state index contributed by atoms with van der Waals surface area (Å²) in [4.78, 5) is 4.63. The van der Waals surface area contributed by atoms with Crippen LogP contribution in [0.1, 0.15) is 0 Å². The molecule has 0 aliphatic heterocycles. The molecular weight excluding hydrogens is 182 g/mol. The van der Waals surface area contributed by atoms with E-state index in [1.165, 1.54) is 11.8 Å². The predicted octanol–water partition coefficient (Wildman–Crippen LogP) is 1.62. The third-order valence-electron chi connectivity index (χ3n) is 1.18. The van der Waals surface area contributed by atoms with Crippen LogP contribution < -0.4 is 11.5 Å². The molecule has 0 aliphatic carbocycles. The van der Waals surface area contributed by atoms with Crippen LogP contribution in [0.4, 0.5) is 11.5 Å². The van der Waals surface area contributed by atoms with Crippen molar-refractivity contribution in [2.24, 2.45) is 0 Å². The Hall–Kier alpha value is -0.610. The molecule has 3 nitrogen and oxygen atoms in total. The summed E-state index contributed by atoms with van der Waals surface area (Å²) >= 11 is 7.20. The smallest absolute Gasteiger partial charge is 0.147 e. The summed E-state index contributed by atoms with van der Waals surface area (Å²) in [5.74, 6) is 0.352. The van der Waals surface area contributed by atoms with Crippen molar-refractivity contribution in [3.05, 3.63) is 11.2 Å². The Morgan fingerprint density at radius 2 is 2.18 bits per heavy atom. The van der Waals surface area contributed by atoms with Gasteiger partial charge in [-0.1, -0.05) is 11.6 Å². The number of rotatable bonds is 1. The number of nitrogens with zero attached hydrogens (tertiary/aromatic N) is 1. The highest BCUT2D eigenvalue weighted by Gasteiger charge is 2.05. The summed E-state index contributed by atoms with van der Waals surface area (Å²) in [6, 6.07) is 1.59. The summed E-state index contributed by atoms with van der Waals surface area (Å²) < 4.78 is 0. The molecule has 0 radical (unpaired) electrons. The maximum absolute atomic E-state index is 5.74. The molecule has 60 valence electrons. The average Bonchev–Trinajstić information content (AvgIpc) is 1.85. The minimum atomic E-state index is 0.352. The number of hydrogen-bond donors (Lipinski definition) is 2. The molecule has 0 spiro atoms. The van der Waals surface area contributed by atoms with Crippen molar-refractivity contribution >= 4 is 34.9 Å². The Bertz CT molecular complexity index is 254. The second kappa shape index (κ2) is 3.19. The number of anilines is 2. The van der Waals surface area contributed by atoms with Gasteiger partial charge in [-0.3, -0.25) is 0 Å². The predicted molar refractivity (Wildman–Crippen MR) is 49.9 cm³/mol. The van der Waals surface area contributed by atoms with E-state index in [1.54, 1.807) is 6.07 Å². The number of pyridine rings is 1. The van der Waals surface area contributed by atoms with Crippen LogP contribution in [0.5, 0.6) is 0 Å². The number of hydrogen-bond acceptors (Lipinski definition) is 4. The summed E-state index contributed by atoms with van der Waals surface area (Å²) in [6.45, 7) is 0. The molecule has 0 atom stereocenters. The van der Waals surface area contributed by atoms with Crippen LogP contribution in [0.2, 0.25) is 5.15 Å². The molecule has 0 aromatic carbocycles. The molecule has 1 aromatic heterocycles. The molecule has 0 unspecified atom stereocenters. The van der Waals surface area contributed by atoms with Crippen LogP contribution in [-0.4, -0.2) is 11.2 Å². The zero-order valence-electron chi connectivity index (χ0n) is 5.97. The Morgan fingerprint density at radius 3 is 2.64 bits per heavy atom. The highest BCUT2D eigenvalue weighted by atomic mass is 35.5. The molecule has 1 rings (SSSR count). The second-order valence-electron chi connectivity index (χ2n) is 1.96. The van der Waals surface area contributed by atoms with E-state index in [2.05, 4.69) is 4.98 Å². The highest BCUT2D eigenvalue weighted by molar-refractivity contribution is 7.98. The van der Waals surface area contributed by atoms with Crippen molar-refractivity contribution < 1.29 is 0 Å². The Balaban J connectivity index is 3.25. The van der Waals surface area contributed by atoms with Gasteiger partial charge in [0.1, 0.15) is 11.0 Å². The number of aromatic nitrogens is 1.